The lowest BCUT2D eigenvalue weighted by molar-refractivity contribution is -0.162. The van der Waals surface area contributed by atoms with Crippen LogP contribution in [-0.2, 0) is 23.5 Å². The number of carbonyl (C=O) groups excluding carboxylic acids is 2. The molecule has 0 rings (SSSR count). The molecule has 0 aromatic heterocycles. The van der Waals surface area contributed by atoms with E-state index in [-0.39, 0.29) is 5.97 Å². The summed E-state index contributed by atoms with van der Waals surface area (Å²) in [5.74, 6) is -0.799. The van der Waals surface area contributed by atoms with E-state index < -0.39 is 26.5 Å². The minimum Gasteiger partial charge on any atom is -0.458 e. The van der Waals surface area contributed by atoms with Crippen molar-refractivity contribution in [3.63, 3.8) is 0 Å². The van der Waals surface area contributed by atoms with Crippen molar-refractivity contribution >= 4 is 42.8 Å². The minimum absolute atomic E-state index is 0.387. The van der Waals surface area contributed by atoms with E-state index in [4.69, 9.17) is 13.9 Å². The Hall–Kier alpha value is -0.413. The first-order valence-electron chi connectivity index (χ1n) is 10.2. The molecular weight excluding hydrogens is 487 g/mol. The van der Waals surface area contributed by atoms with Crippen molar-refractivity contribution in [2.45, 2.75) is 103 Å². The van der Waals surface area contributed by atoms with Crippen molar-refractivity contribution in [2.75, 3.05) is 6.61 Å². The highest BCUT2D eigenvalue weighted by Gasteiger charge is 2.44. The Balaban J connectivity index is 4.91. The average molecular weight is 527 g/mol. The molecule has 0 aliphatic carbocycles. The molecule has 2 atom stereocenters. The number of rotatable bonds is 13. The van der Waals surface area contributed by atoms with Crippen LogP contribution in [0, 0.1) is 0 Å². The number of hydrogen-bond donors (Lipinski definition) is 0. The van der Waals surface area contributed by atoms with Crippen molar-refractivity contribution in [2.24, 2.45) is 0 Å². The predicted octanol–water partition coefficient (Wildman–Crippen LogP) is 6.16. The summed E-state index contributed by atoms with van der Waals surface area (Å²) in [6.07, 6.45) is 1.14. The molecule has 0 aromatic rings. The molecule has 0 heterocycles. The smallest absolute Gasteiger partial charge is 0.303 e. The van der Waals surface area contributed by atoms with Crippen LogP contribution in [0.5, 0.6) is 0 Å². The third-order valence-electron chi connectivity index (χ3n) is 5.20. The molecule has 0 saturated heterocycles. The van der Waals surface area contributed by atoms with Crippen molar-refractivity contribution in [3.05, 3.63) is 10.2 Å². The molecule has 0 aromatic carbocycles. The molecular formula is C21H39IO5Si. The van der Waals surface area contributed by atoms with E-state index in [1.807, 2.05) is 22.6 Å². The Bertz CT molecular complexity index is 497. The highest BCUT2D eigenvalue weighted by molar-refractivity contribution is 14.1. The number of esters is 2. The Morgan fingerprint density at radius 1 is 0.893 bits per heavy atom. The second kappa shape index (κ2) is 13.0. The topological polar surface area (TPSA) is 61.8 Å². The maximum atomic E-state index is 11.5. The first-order valence-corrected chi connectivity index (χ1v) is 13.4. The van der Waals surface area contributed by atoms with Gasteiger partial charge in [0.25, 0.3) is 0 Å². The Labute approximate surface area is 186 Å². The van der Waals surface area contributed by atoms with E-state index in [0.29, 0.717) is 33.2 Å². The number of carbonyl (C=O) groups is 2. The summed E-state index contributed by atoms with van der Waals surface area (Å²) in [6, 6.07) is 0. The third kappa shape index (κ3) is 8.53. The van der Waals surface area contributed by atoms with Gasteiger partial charge in [0.05, 0.1) is 0 Å². The molecule has 28 heavy (non-hydrogen) atoms. The highest BCUT2D eigenvalue weighted by Crippen LogP contribution is 2.42. The maximum absolute atomic E-state index is 11.5. The average Bonchev–Trinajstić information content (AvgIpc) is 2.52. The molecule has 0 fully saturated rings. The number of unbranched alkanes of at least 4 members (excludes halogenated alkanes) is 1. The van der Waals surface area contributed by atoms with E-state index in [1.165, 1.54) is 13.8 Å². The fourth-order valence-electron chi connectivity index (χ4n) is 4.20. The SMILES string of the molecule is C=C(I)[C@@H](OC(C)=O)[C@@H](CCCCO[Si](C(C)C)(C(C)C)C(C)C)OC(C)=O. The van der Waals surface area contributed by atoms with Gasteiger partial charge in [-0.15, -0.1) is 0 Å². The van der Waals surface area contributed by atoms with Gasteiger partial charge in [0, 0.05) is 24.0 Å². The molecule has 0 saturated carbocycles. The molecule has 0 spiro atoms. The van der Waals surface area contributed by atoms with Crippen LogP contribution in [0.15, 0.2) is 10.2 Å². The first kappa shape index (κ1) is 27.6. The van der Waals surface area contributed by atoms with Gasteiger partial charge in [-0.1, -0.05) is 48.1 Å². The number of halogens is 1. The quantitative estimate of drug-likeness (QED) is 0.125. The van der Waals surface area contributed by atoms with Crippen molar-refractivity contribution in [1.29, 1.82) is 0 Å². The summed E-state index contributed by atoms with van der Waals surface area (Å²) < 4.78 is 18.0. The van der Waals surface area contributed by atoms with Crippen molar-refractivity contribution in [3.8, 4) is 0 Å². The summed E-state index contributed by atoms with van der Waals surface area (Å²) in [5, 5.41) is 0. The molecule has 0 aliphatic heterocycles. The summed E-state index contributed by atoms with van der Waals surface area (Å²) in [5.41, 5.74) is 1.66. The van der Waals surface area contributed by atoms with Crippen LogP contribution in [0.1, 0.15) is 74.7 Å². The maximum Gasteiger partial charge on any atom is 0.303 e. The first-order chi connectivity index (χ1) is 12.9. The highest BCUT2D eigenvalue weighted by atomic mass is 127. The van der Waals surface area contributed by atoms with E-state index in [1.54, 1.807) is 0 Å². The van der Waals surface area contributed by atoms with Gasteiger partial charge in [-0.05, 0) is 58.5 Å². The van der Waals surface area contributed by atoms with Crippen LogP contribution in [0.25, 0.3) is 0 Å². The van der Waals surface area contributed by atoms with Gasteiger partial charge in [0.15, 0.2) is 14.4 Å². The fourth-order valence-corrected chi connectivity index (χ4v) is 10.2. The molecule has 0 aliphatic rings. The monoisotopic (exact) mass is 526 g/mol. The van der Waals surface area contributed by atoms with Gasteiger partial charge in [-0.3, -0.25) is 9.59 Å². The Morgan fingerprint density at radius 2 is 1.36 bits per heavy atom. The predicted molar refractivity (Wildman–Crippen MR) is 125 cm³/mol. The zero-order chi connectivity index (χ0) is 22.1. The van der Waals surface area contributed by atoms with Crippen LogP contribution < -0.4 is 0 Å². The van der Waals surface area contributed by atoms with E-state index >= 15 is 0 Å². The van der Waals surface area contributed by atoms with Crippen molar-refractivity contribution in [1.82, 2.24) is 0 Å². The lowest BCUT2D eigenvalue weighted by atomic mass is 10.1. The van der Waals surface area contributed by atoms with Gasteiger partial charge in [-0.2, -0.15) is 0 Å². The molecule has 0 unspecified atom stereocenters. The largest absolute Gasteiger partial charge is 0.458 e. The number of ether oxygens (including phenoxy) is 2. The van der Waals surface area contributed by atoms with Crippen LogP contribution >= 0.6 is 22.6 Å². The summed E-state index contributed by atoms with van der Waals surface area (Å²) in [4.78, 5) is 22.9. The van der Waals surface area contributed by atoms with Crippen LogP contribution in [0.3, 0.4) is 0 Å². The molecule has 7 heteroatoms. The van der Waals surface area contributed by atoms with Gasteiger partial charge >= 0.3 is 11.9 Å². The van der Waals surface area contributed by atoms with E-state index in [2.05, 4.69) is 48.1 Å². The second-order valence-corrected chi connectivity index (χ2v) is 15.1. The van der Waals surface area contributed by atoms with Crippen LogP contribution in [0.2, 0.25) is 16.6 Å². The molecule has 164 valence electrons. The summed E-state index contributed by atoms with van der Waals surface area (Å²) in [7, 11) is -1.86. The molecule has 0 radical (unpaired) electrons. The second-order valence-electron chi connectivity index (χ2n) is 8.29. The minimum atomic E-state index is -1.86. The normalized spacial score (nSPS) is 14.3. The van der Waals surface area contributed by atoms with E-state index in [0.717, 1.165) is 12.8 Å². The van der Waals surface area contributed by atoms with Gasteiger partial charge < -0.3 is 13.9 Å². The standard InChI is InChI=1S/C21H39IO5Si/c1-14(2)28(15(3)4,16(5)6)25-13-11-10-12-20(26-18(8)23)21(17(7)22)27-19(9)24/h14-16,20-21H,7,10-13H2,1-6,8-9H3/t20-,21-/m1/s1. The fraction of sp³-hybridized carbons (Fsp3) is 0.810. The zero-order valence-electron chi connectivity index (χ0n) is 18.8. The van der Waals surface area contributed by atoms with Crippen LogP contribution in [-0.4, -0.2) is 39.1 Å². The molecule has 5 nitrogen and oxygen atoms in total. The molecule has 0 amide bonds. The summed E-state index contributed by atoms with van der Waals surface area (Å²) in [6.45, 7) is 20.9. The third-order valence-corrected chi connectivity index (χ3v) is 11.9. The van der Waals surface area contributed by atoms with Gasteiger partial charge in [-0.25, -0.2) is 0 Å². The van der Waals surface area contributed by atoms with Gasteiger partial charge in [0.2, 0.25) is 0 Å². The Kier molecular flexibility index (Phi) is 12.8. The zero-order valence-corrected chi connectivity index (χ0v) is 22.0. The number of hydrogen-bond acceptors (Lipinski definition) is 5. The van der Waals surface area contributed by atoms with Gasteiger partial charge in [0.1, 0.15) is 6.10 Å². The van der Waals surface area contributed by atoms with Crippen LogP contribution in [0.4, 0.5) is 0 Å². The lowest BCUT2D eigenvalue weighted by Gasteiger charge is -2.42. The molecule has 0 N–H and O–H groups in total. The van der Waals surface area contributed by atoms with E-state index in [9.17, 15) is 9.59 Å². The molecule has 0 bridgehead atoms. The lowest BCUT2D eigenvalue weighted by Crippen LogP contribution is -2.48. The Morgan fingerprint density at radius 3 is 1.71 bits per heavy atom. The summed E-state index contributed by atoms with van der Waals surface area (Å²) >= 11 is 2.02. The van der Waals surface area contributed by atoms with Crippen molar-refractivity contribution < 1.29 is 23.5 Å².